The van der Waals surface area contributed by atoms with Crippen LogP contribution in [-0.4, -0.2) is 24.1 Å². The van der Waals surface area contributed by atoms with Crippen molar-refractivity contribution in [2.24, 2.45) is 0 Å². The maximum atomic E-state index is 11.2. The molecule has 0 spiro atoms. The fourth-order valence-corrected chi connectivity index (χ4v) is 1.81. The number of methoxy groups -OCH3 is 1. The molecule has 1 aromatic rings. The highest BCUT2D eigenvalue weighted by atomic mass is 16.5. The Labute approximate surface area is 94.7 Å². The number of nitrogens with one attached hydrogen (secondary N) is 2. The Balaban J connectivity index is 1.85. The van der Waals surface area contributed by atoms with Crippen molar-refractivity contribution in [2.45, 2.75) is 25.4 Å². The molecule has 0 aromatic carbocycles. The zero-order valence-electron chi connectivity index (χ0n) is 9.32. The van der Waals surface area contributed by atoms with E-state index in [2.05, 4.69) is 27.2 Å². The maximum Gasteiger partial charge on any atom is 0.354 e. The lowest BCUT2D eigenvalue weighted by Gasteiger charge is -2.10. The summed E-state index contributed by atoms with van der Waals surface area (Å²) in [5.41, 5.74) is 1.51. The van der Waals surface area contributed by atoms with Gasteiger partial charge in [-0.15, -0.1) is 0 Å². The van der Waals surface area contributed by atoms with E-state index in [1.807, 2.05) is 6.07 Å². The highest BCUT2D eigenvalue weighted by Gasteiger charge is 2.11. The molecule has 0 bridgehead atoms. The van der Waals surface area contributed by atoms with Gasteiger partial charge in [-0.1, -0.05) is 12.2 Å². The van der Waals surface area contributed by atoms with E-state index in [-0.39, 0.29) is 5.97 Å². The number of rotatable bonds is 4. The molecule has 1 aliphatic carbocycles. The predicted octanol–water partition coefficient (Wildman–Crippen LogP) is 1.61. The third-order valence-corrected chi connectivity index (χ3v) is 2.74. The van der Waals surface area contributed by atoms with Crippen LogP contribution in [0.15, 0.2) is 24.3 Å². The van der Waals surface area contributed by atoms with Gasteiger partial charge >= 0.3 is 5.97 Å². The summed E-state index contributed by atoms with van der Waals surface area (Å²) in [5.74, 6) is -0.325. The second-order valence-corrected chi connectivity index (χ2v) is 3.91. The number of H-pyrrole nitrogens is 1. The highest BCUT2D eigenvalue weighted by Crippen LogP contribution is 2.10. The first-order chi connectivity index (χ1) is 7.79. The van der Waals surface area contributed by atoms with Crippen molar-refractivity contribution >= 4 is 5.97 Å². The summed E-state index contributed by atoms with van der Waals surface area (Å²) >= 11 is 0. The molecule has 0 aliphatic heterocycles. The van der Waals surface area contributed by atoms with Crippen molar-refractivity contribution in [3.63, 3.8) is 0 Å². The lowest BCUT2D eigenvalue weighted by molar-refractivity contribution is 0.0594. The van der Waals surface area contributed by atoms with Crippen LogP contribution in [-0.2, 0) is 11.3 Å². The average Bonchev–Trinajstić information content (AvgIpc) is 2.96. The number of aromatic nitrogens is 1. The molecule has 1 aliphatic rings. The van der Waals surface area contributed by atoms with Crippen molar-refractivity contribution in [3.05, 3.63) is 35.7 Å². The number of esters is 1. The van der Waals surface area contributed by atoms with E-state index in [1.165, 1.54) is 7.11 Å². The van der Waals surface area contributed by atoms with Crippen molar-refractivity contribution in [3.8, 4) is 0 Å². The fraction of sp³-hybridized carbons (Fsp3) is 0.417. The summed E-state index contributed by atoms with van der Waals surface area (Å²) in [6.45, 7) is 0.753. The van der Waals surface area contributed by atoms with Crippen molar-refractivity contribution < 1.29 is 9.53 Å². The Hall–Kier alpha value is -1.55. The quantitative estimate of drug-likeness (QED) is 0.598. The van der Waals surface area contributed by atoms with E-state index in [0.717, 1.165) is 25.1 Å². The van der Waals surface area contributed by atoms with Gasteiger partial charge in [0.25, 0.3) is 0 Å². The van der Waals surface area contributed by atoms with Crippen LogP contribution in [0.3, 0.4) is 0 Å². The highest BCUT2D eigenvalue weighted by molar-refractivity contribution is 5.87. The summed E-state index contributed by atoms with van der Waals surface area (Å²) in [6.07, 6.45) is 6.55. The standard InChI is InChI=1S/C12H16N2O2/c1-16-12(15)11-7-6-10(14-11)8-13-9-4-2-3-5-9/h2-3,6-7,9,13-14H,4-5,8H2,1H3. The van der Waals surface area contributed by atoms with E-state index >= 15 is 0 Å². The third-order valence-electron chi connectivity index (χ3n) is 2.74. The van der Waals surface area contributed by atoms with E-state index in [0.29, 0.717) is 11.7 Å². The Morgan fingerprint density at radius 2 is 2.25 bits per heavy atom. The lowest BCUT2D eigenvalue weighted by atomic mass is 10.2. The molecule has 0 unspecified atom stereocenters. The monoisotopic (exact) mass is 220 g/mol. The Morgan fingerprint density at radius 1 is 1.50 bits per heavy atom. The number of carbonyl (C=O) groups excluding carboxylic acids is 1. The van der Waals surface area contributed by atoms with Crippen LogP contribution in [0.2, 0.25) is 0 Å². The van der Waals surface area contributed by atoms with Gasteiger partial charge in [-0.25, -0.2) is 4.79 Å². The fourth-order valence-electron chi connectivity index (χ4n) is 1.81. The number of carbonyl (C=O) groups is 1. The second kappa shape index (κ2) is 4.99. The summed E-state index contributed by atoms with van der Waals surface area (Å²) in [7, 11) is 1.38. The zero-order chi connectivity index (χ0) is 11.4. The molecule has 16 heavy (non-hydrogen) atoms. The van der Waals surface area contributed by atoms with Gasteiger partial charge in [0.15, 0.2) is 0 Å². The minimum atomic E-state index is -0.325. The smallest absolute Gasteiger partial charge is 0.354 e. The number of hydrogen-bond donors (Lipinski definition) is 2. The van der Waals surface area contributed by atoms with E-state index in [9.17, 15) is 4.79 Å². The van der Waals surface area contributed by atoms with Gasteiger partial charge < -0.3 is 15.0 Å². The molecule has 4 heteroatoms. The van der Waals surface area contributed by atoms with Crippen LogP contribution in [0.4, 0.5) is 0 Å². The molecule has 2 N–H and O–H groups in total. The Morgan fingerprint density at radius 3 is 2.94 bits per heavy atom. The third kappa shape index (κ3) is 2.52. The lowest BCUT2D eigenvalue weighted by Crippen LogP contribution is -2.25. The number of aromatic amines is 1. The number of ether oxygens (including phenoxy) is 1. The van der Waals surface area contributed by atoms with Crippen LogP contribution in [0, 0.1) is 0 Å². The molecular weight excluding hydrogens is 204 g/mol. The van der Waals surface area contributed by atoms with Crippen LogP contribution in [0.25, 0.3) is 0 Å². The summed E-state index contributed by atoms with van der Waals surface area (Å²) in [5, 5.41) is 3.42. The Kier molecular flexibility index (Phi) is 3.41. The van der Waals surface area contributed by atoms with Crippen LogP contribution in [0.1, 0.15) is 29.0 Å². The van der Waals surface area contributed by atoms with E-state index < -0.39 is 0 Å². The molecule has 0 saturated carbocycles. The molecule has 0 radical (unpaired) electrons. The first-order valence-corrected chi connectivity index (χ1v) is 5.44. The first kappa shape index (κ1) is 11.0. The minimum Gasteiger partial charge on any atom is -0.464 e. The van der Waals surface area contributed by atoms with E-state index in [1.54, 1.807) is 6.07 Å². The molecule has 0 fully saturated rings. The van der Waals surface area contributed by atoms with Gasteiger partial charge in [-0.05, 0) is 25.0 Å². The summed E-state index contributed by atoms with van der Waals surface area (Å²) in [6, 6.07) is 4.18. The number of hydrogen-bond acceptors (Lipinski definition) is 3. The molecule has 0 amide bonds. The van der Waals surface area contributed by atoms with Gasteiger partial charge in [-0.3, -0.25) is 0 Å². The summed E-state index contributed by atoms with van der Waals surface area (Å²) in [4.78, 5) is 14.2. The molecule has 1 aromatic heterocycles. The molecule has 4 nitrogen and oxygen atoms in total. The van der Waals surface area contributed by atoms with Gasteiger partial charge in [0.1, 0.15) is 5.69 Å². The largest absolute Gasteiger partial charge is 0.464 e. The van der Waals surface area contributed by atoms with Gasteiger partial charge in [0.2, 0.25) is 0 Å². The molecule has 1 heterocycles. The van der Waals surface area contributed by atoms with E-state index in [4.69, 9.17) is 0 Å². The SMILES string of the molecule is COC(=O)c1ccc(CNC2CC=CC2)[nH]1. The molecule has 2 rings (SSSR count). The van der Waals surface area contributed by atoms with Crippen molar-refractivity contribution in [2.75, 3.05) is 7.11 Å². The minimum absolute atomic E-state index is 0.325. The first-order valence-electron chi connectivity index (χ1n) is 5.44. The zero-order valence-corrected chi connectivity index (χ0v) is 9.32. The van der Waals surface area contributed by atoms with Crippen LogP contribution in [0.5, 0.6) is 0 Å². The molecule has 86 valence electrons. The molecular formula is C12H16N2O2. The van der Waals surface area contributed by atoms with Crippen LogP contribution >= 0.6 is 0 Å². The Bertz CT molecular complexity index is 387. The second-order valence-electron chi connectivity index (χ2n) is 3.91. The predicted molar refractivity (Wildman–Crippen MR) is 61.1 cm³/mol. The van der Waals surface area contributed by atoms with Crippen LogP contribution < -0.4 is 5.32 Å². The van der Waals surface area contributed by atoms with Gasteiger partial charge in [-0.2, -0.15) is 0 Å². The topological polar surface area (TPSA) is 54.1 Å². The van der Waals surface area contributed by atoms with Gasteiger partial charge in [0, 0.05) is 18.3 Å². The average molecular weight is 220 g/mol. The van der Waals surface area contributed by atoms with Crippen molar-refractivity contribution in [1.29, 1.82) is 0 Å². The maximum absolute atomic E-state index is 11.2. The summed E-state index contributed by atoms with van der Waals surface area (Å²) < 4.78 is 4.63. The molecule has 0 saturated heterocycles. The normalized spacial score (nSPS) is 15.6. The van der Waals surface area contributed by atoms with Gasteiger partial charge in [0.05, 0.1) is 7.11 Å². The molecule has 0 atom stereocenters. The van der Waals surface area contributed by atoms with Crippen molar-refractivity contribution in [1.82, 2.24) is 10.3 Å².